The number of nitrogens with zero attached hydrogens (tertiary/aromatic N) is 1. The van der Waals surface area contributed by atoms with Gasteiger partial charge in [0, 0.05) is 11.0 Å². The molecule has 0 saturated heterocycles. The molecular formula is C15H23NSSi. The highest BCUT2D eigenvalue weighted by atomic mass is 32.4. The Bertz CT molecular complexity index is 448. The van der Waals surface area contributed by atoms with E-state index in [9.17, 15) is 0 Å². The van der Waals surface area contributed by atoms with Gasteiger partial charge in [-0.3, -0.25) is 4.99 Å². The smallest absolute Gasteiger partial charge is 0.109 e. The van der Waals surface area contributed by atoms with E-state index in [1.807, 2.05) is 0 Å². The highest BCUT2D eigenvalue weighted by Gasteiger charge is 2.28. The Hall–Kier alpha value is -0.543. The van der Waals surface area contributed by atoms with Gasteiger partial charge >= 0.3 is 0 Å². The van der Waals surface area contributed by atoms with Gasteiger partial charge < -0.3 is 0 Å². The molecule has 0 heterocycles. The summed E-state index contributed by atoms with van der Waals surface area (Å²) >= 11 is 2.20. The Kier molecular flexibility index (Phi) is 4.33. The van der Waals surface area contributed by atoms with Crippen molar-refractivity contribution in [1.29, 1.82) is 0 Å². The molecule has 0 aliphatic heterocycles. The van der Waals surface area contributed by atoms with Gasteiger partial charge in [0.05, 0.1) is 5.69 Å². The first-order chi connectivity index (χ1) is 8.44. The average molecular weight is 278 g/mol. The van der Waals surface area contributed by atoms with Crippen molar-refractivity contribution in [3.8, 4) is 0 Å². The van der Waals surface area contributed by atoms with E-state index in [1.54, 1.807) is 0 Å². The molecule has 1 nitrogen and oxygen atoms in total. The summed E-state index contributed by atoms with van der Waals surface area (Å²) in [6, 6.07) is 8.53. The van der Waals surface area contributed by atoms with Gasteiger partial charge in [-0.05, 0) is 43.9 Å². The van der Waals surface area contributed by atoms with Crippen molar-refractivity contribution in [3.63, 3.8) is 0 Å². The Morgan fingerprint density at radius 2 is 2.06 bits per heavy atom. The van der Waals surface area contributed by atoms with Crippen LogP contribution in [0.3, 0.4) is 0 Å². The minimum atomic E-state index is -1.06. The van der Waals surface area contributed by atoms with Crippen LogP contribution in [-0.4, -0.2) is 18.2 Å². The SMILES string of the molecule is Cc1cccc(/N=C2\CCCC2S[Si](C)(C)C)c1. The quantitative estimate of drug-likeness (QED) is 0.693. The summed E-state index contributed by atoms with van der Waals surface area (Å²) in [5.74, 6) is 0. The molecule has 1 atom stereocenters. The molecular weight excluding hydrogens is 254 g/mol. The van der Waals surface area contributed by atoms with Crippen LogP contribution >= 0.6 is 11.2 Å². The maximum absolute atomic E-state index is 4.90. The third-order valence-corrected chi connectivity index (χ3v) is 7.52. The van der Waals surface area contributed by atoms with Gasteiger partial charge in [-0.2, -0.15) is 11.2 Å². The molecule has 0 aromatic heterocycles. The second kappa shape index (κ2) is 5.62. The zero-order chi connectivity index (χ0) is 13.2. The van der Waals surface area contributed by atoms with Gasteiger partial charge in [0.1, 0.15) is 7.22 Å². The molecule has 1 saturated carbocycles. The van der Waals surface area contributed by atoms with Crippen LogP contribution in [0.5, 0.6) is 0 Å². The molecule has 1 aromatic rings. The lowest BCUT2D eigenvalue weighted by atomic mass is 10.2. The summed E-state index contributed by atoms with van der Waals surface area (Å²) in [5, 5.41) is 0.678. The molecule has 0 radical (unpaired) electrons. The van der Waals surface area contributed by atoms with Gasteiger partial charge in [0.15, 0.2) is 0 Å². The third-order valence-electron chi connectivity index (χ3n) is 3.04. The topological polar surface area (TPSA) is 12.4 Å². The van der Waals surface area contributed by atoms with Gasteiger partial charge in [-0.15, -0.1) is 0 Å². The van der Waals surface area contributed by atoms with Crippen LogP contribution in [0, 0.1) is 6.92 Å². The first-order valence-electron chi connectivity index (χ1n) is 6.76. The summed E-state index contributed by atoms with van der Waals surface area (Å²) in [6.07, 6.45) is 3.82. The largest absolute Gasteiger partial charge is 0.257 e. The third kappa shape index (κ3) is 3.99. The van der Waals surface area contributed by atoms with Gasteiger partial charge in [0.2, 0.25) is 0 Å². The molecule has 1 unspecified atom stereocenters. The van der Waals surface area contributed by atoms with E-state index in [0.717, 1.165) is 5.69 Å². The molecule has 0 amide bonds. The lowest BCUT2D eigenvalue weighted by Gasteiger charge is -2.21. The first-order valence-corrected chi connectivity index (χ1v) is 11.9. The maximum Gasteiger partial charge on any atom is 0.109 e. The predicted octanol–water partition coefficient (Wildman–Crippen LogP) is 5.19. The minimum Gasteiger partial charge on any atom is -0.257 e. The van der Waals surface area contributed by atoms with Gasteiger partial charge in [-0.1, -0.05) is 31.8 Å². The fraction of sp³-hybridized carbons (Fsp3) is 0.533. The average Bonchev–Trinajstić information content (AvgIpc) is 2.63. The van der Waals surface area contributed by atoms with Crippen LogP contribution in [0.1, 0.15) is 24.8 Å². The van der Waals surface area contributed by atoms with Crippen molar-refractivity contribution in [2.75, 3.05) is 0 Å². The van der Waals surface area contributed by atoms with Crippen molar-refractivity contribution in [3.05, 3.63) is 29.8 Å². The fourth-order valence-electron chi connectivity index (χ4n) is 2.34. The second-order valence-electron chi connectivity index (χ2n) is 6.05. The molecule has 98 valence electrons. The van der Waals surface area contributed by atoms with E-state index in [0.29, 0.717) is 5.25 Å². The standard InChI is InChI=1S/C15H23NSSi/c1-12-7-5-8-13(11-12)16-14-9-6-10-15(14)17-18(2,3)4/h5,7-8,11,15H,6,9-10H2,1-4H3/b16-14+. The molecule has 0 N–H and O–H groups in total. The van der Waals surface area contributed by atoms with Crippen LogP contribution in [0.4, 0.5) is 5.69 Å². The van der Waals surface area contributed by atoms with E-state index in [2.05, 4.69) is 62.0 Å². The molecule has 3 heteroatoms. The fourth-order valence-corrected chi connectivity index (χ4v) is 7.11. The Balaban J connectivity index is 2.16. The van der Waals surface area contributed by atoms with E-state index < -0.39 is 7.22 Å². The molecule has 0 bridgehead atoms. The maximum atomic E-state index is 4.90. The summed E-state index contributed by atoms with van der Waals surface area (Å²) in [6.45, 7) is 9.42. The minimum absolute atomic E-state index is 0.678. The van der Waals surface area contributed by atoms with Gasteiger partial charge in [0.25, 0.3) is 0 Å². The molecule has 1 fully saturated rings. The van der Waals surface area contributed by atoms with Crippen molar-refractivity contribution in [1.82, 2.24) is 0 Å². The zero-order valence-corrected chi connectivity index (χ0v) is 13.7. The van der Waals surface area contributed by atoms with Crippen molar-refractivity contribution in [2.24, 2.45) is 4.99 Å². The highest BCUT2D eigenvalue weighted by molar-refractivity contribution is 8.29. The van der Waals surface area contributed by atoms with Gasteiger partial charge in [-0.25, -0.2) is 0 Å². The molecule has 18 heavy (non-hydrogen) atoms. The van der Waals surface area contributed by atoms with Crippen LogP contribution in [-0.2, 0) is 0 Å². The number of aliphatic imine (C=N–C) groups is 1. The molecule has 0 spiro atoms. The predicted molar refractivity (Wildman–Crippen MR) is 86.9 cm³/mol. The summed E-state index contributed by atoms with van der Waals surface area (Å²) in [5.41, 5.74) is 3.85. The van der Waals surface area contributed by atoms with E-state index in [-0.39, 0.29) is 0 Å². The number of rotatable bonds is 3. The van der Waals surface area contributed by atoms with Crippen molar-refractivity contribution < 1.29 is 0 Å². The monoisotopic (exact) mass is 277 g/mol. The van der Waals surface area contributed by atoms with E-state index in [4.69, 9.17) is 4.99 Å². The van der Waals surface area contributed by atoms with Crippen LogP contribution in [0.2, 0.25) is 19.6 Å². The van der Waals surface area contributed by atoms with E-state index in [1.165, 1.54) is 30.5 Å². The zero-order valence-electron chi connectivity index (χ0n) is 11.9. The summed E-state index contributed by atoms with van der Waals surface area (Å²) in [7, 11) is -1.06. The Labute approximate surface area is 116 Å². The number of benzene rings is 1. The number of aryl methyl sites for hydroxylation is 1. The van der Waals surface area contributed by atoms with Crippen molar-refractivity contribution >= 4 is 29.8 Å². The van der Waals surface area contributed by atoms with E-state index >= 15 is 0 Å². The Morgan fingerprint density at radius 1 is 1.28 bits per heavy atom. The van der Waals surface area contributed by atoms with Crippen LogP contribution in [0.15, 0.2) is 29.3 Å². The number of hydrogen-bond donors (Lipinski definition) is 0. The summed E-state index contributed by atoms with van der Waals surface area (Å²) in [4.78, 5) is 4.90. The Morgan fingerprint density at radius 3 is 2.72 bits per heavy atom. The highest BCUT2D eigenvalue weighted by Crippen LogP contribution is 2.35. The first kappa shape index (κ1) is 13.9. The van der Waals surface area contributed by atoms with Crippen LogP contribution in [0.25, 0.3) is 0 Å². The van der Waals surface area contributed by atoms with Crippen LogP contribution < -0.4 is 0 Å². The lowest BCUT2D eigenvalue weighted by Crippen LogP contribution is -2.22. The molecule has 1 aliphatic carbocycles. The lowest BCUT2D eigenvalue weighted by molar-refractivity contribution is 0.895. The normalized spacial score (nSPS) is 22.7. The van der Waals surface area contributed by atoms with Crippen molar-refractivity contribution in [2.45, 2.75) is 51.1 Å². The summed E-state index contributed by atoms with van der Waals surface area (Å²) < 4.78 is 0. The second-order valence-corrected chi connectivity index (χ2v) is 15.5. The number of hydrogen-bond acceptors (Lipinski definition) is 2. The molecule has 1 aromatic carbocycles. The molecule has 1 aliphatic rings. The molecule has 2 rings (SSSR count).